The van der Waals surface area contributed by atoms with E-state index in [1.807, 2.05) is 16.8 Å². The number of hydrogen-bond acceptors (Lipinski definition) is 4. The Hall–Kier alpha value is -3.46. The Morgan fingerprint density at radius 2 is 2.00 bits per heavy atom. The van der Waals surface area contributed by atoms with Crippen LogP contribution in [0.1, 0.15) is 53.0 Å². The number of likely N-dealkylation sites (tertiary alicyclic amines) is 1. The molecule has 0 saturated carbocycles. The van der Waals surface area contributed by atoms with Crippen molar-refractivity contribution in [1.29, 1.82) is 0 Å². The summed E-state index contributed by atoms with van der Waals surface area (Å²) in [5, 5.41) is 18.9. The lowest BCUT2D eigenvalue weighted by molar-refractivity contribution is -0.129. The Balaban J connectivity index is 1.49. The Morgan fingerprint density at radius 1 is 1.20 bits per heavy atom. The monoisotopic (exact) mass is 592 g/mol. The third kappa shape index (κ3) is 3.77. The first kappa shape index (κ1) is 26.4. The van der Waals surface area contributed by atoms with Crippen molar-refractivity contribution in [2.45, 2.75) is 50.2 Å². The summed E-state index contributed by atoms with van der Waals surface area (Å²) in [5.41, 5.74) is 2.48. The number of rotatable bonds is 4. The molecule has 10 heteroatoms. The van der Waals surface area contributed by atoms with Gasteiger partial charge in [-0.05, 0) is 47.4 Å². The molecule has 1 aromatic heterocycles. The van der Waals surface area contributed by atoms with E-state index in [0.717, 1.165) is 16.6 Å². The molecule has 4 aromatic rings. The summed E-state index contributed by atoms with van der Waals surface area (Å²) in [4.78, 5) is 28.4. The molecule has 7 rings (SSSR count). The van der Waals surface area contributed by atoms with Crippen molar-refractivity contribution >= 4 is 51.7 Å². The van der Waals surface area contributed by atoms with E-state index in [9.17, 15) is 14.7 Å². The van der Waals surface area contributed by atoms with E-state index < -0.39 is 29.3 Å². The fraction of sp³-hybridized carbons (Fsp3) is 0.323. The predicted octanol–water partition coefficient (Wildman–Crippen LogP) is 6.34. The second kappa shape index (κ2) is 9.28. The summed E-state index contributed by atoms with van der Waals surface area (Å²) < 4.78 is 18.0. The van der Waals surface area contributed by atoms with Gasteiger partial charge in [0.05, 0.1) is 22.1 Å². The number of aromatic carboxylic acids is 1. The molecule has 1 amide bonds. The van der Waals surface area contributed by atoms with Crippen molar-refractivity contribution in [3.05, 3.63) is 92.8 Å². The number of carbonyl (C=O) groups excluding carboxylic acids is 1. The maximum absolute atomic E-state index is 16.0. The fourth-order valence-corrected chi connectivity index (χ4v) is 7.79. The Kier molecular flexibility index (Phi) is 5.98. The quantitative estimate of drug-likeness (QED) is 0.289. The van der Waals surface area contributed by atoms with E-state index >= 15 is 4.39 Å². The fourth-order valence-electron chi connectivity index (χ4n) is 7.44. The van der Waals surface area contributed by atoms with Crippen molar-refractivity contribution in [3.8, 4) is 0 Å². The number of nitrogens with zero attached hydrogens (tertiary/aromatic N) is 3. The minimum absolute atomic E-state index is 0.00476. The molecule has 4 heterocycles. The number of carboxylic acid groups (broad SMARTS) is 1. The molecule has 4 atom stereocenters. The topological polar surface area (TPSA) is 87.5 Å². The van der Waals surface area contributed by atoms with Crippen molar-refractivity contribution in [3.63, 3.8) is 0 Å². The third-order valence-electron chi connectivity index (χ3n) is 8.95. The molecule has 0 unspecified atom stereocenters. The van der Waals surface area contributed by atoms with Gasteiger partial charge >= 0.3 is 5.97 Å². The van der Waals surface area contributed by atoms with Gasteiger partial charge in [0.25, 0.3) is 0 Å². The predicted molar refractivity (Wildman–Crippen MR) is 155 cm³/mol. The molecule has 1 spiro atoms. The summed E-state index contributed by atoms with van der Waals surface area (Å²) in [5.74, 6) is -2.20. The molecule has 3 aromatic carbocycles. The molecular weight excluding hydrogens is 566 g/mol. The molecule has 2 N–H and O–H groups in total. The third-order valence-corrected chi connectivity index (χ3v) is 9.47. The van der Waals surface area contributed by atoms with Crippen LogP contribution < -0.4 is 5.32 Å². The standard InChI is InChI=1S/C31H27Cl2FN4O3/c1-15(2)14-37-25-12-24-19-9-7-16(29(39)40)10-23(19)36-38(24)28(25)26(20-4-3-5-21(33)27(20)34)31(37)13-17-6-8-18(32)11-22(17)35-30(31)41/h3-11,15,25-26,28H,12-14H2,1-2H3,(H,35,41)(H,39,40)/t25-,26-,28+,31+/m0/s1. The molecule has 210 valence electrons. The van der Waals surface area contributed by atoms with Crippen LogP contribution in [0.2, 0.25) is 10.0 Å². The average molecular weight is 593 g/mol. The van der Waals surface area contributed by atoms with Gasteiger partial charge in [0.2, 0.25) is 5.91 Å². The number of anilines is 1. The van der Waals surface area contributed by atoms with Crippen LogP contribution in [0, 0.1) is 11.7 Å². The SMILES string of the molecule is CC(C)CN1[C@H]2Cc3c4ccc(C(=O)O)cc4nn3[C@H]2[C@H](c2cccc(Cl)c2F)[C@@]12Cc1ccc(Cl)cc1NC2=O. The van der Waals surface area contributed by atoms with Gasteiger partial charge in [0.15, 0.2) is 0 Å². The van der Waals surface area contributed by atoms with Crippen LogP contribution in [0.3, 0.4) is 0 Å². The maximum Gasteiger partial charge on any atom is 0.335 e. The van der Waals surface area contributed by atoms with E-state index in [4.69, 9.17) is 28.3 Å². The largest absolute Gasteiger partial charge is 0.478 e. The van der Waals surface area contributed by atoms with Gasteiger partial charge in [-0.25, -0.2) is 9.18 Å². The van der Waals surface area contributed by atoms with Crippen molar-refractivity contribution in [2.24, 2.45) is 5.92 Å². The first-order valence-corrected chi connectivity index (χ1v) is 14.4. The number of aromatic nitrogens is 2. The number of carboxylic acids is 1. The van der Waals surface area contributed by atoms with Gasteiger partial charge in [0.1, 0.15) is 11.4 Å². The summed E-state index contributed by atoms with van der Waals surface area (Å²) in [7, 11) is 0. The van der Waals surface area contributed by atoms with E-state index in [-0.39, 0.29) is 28.5 Å². The van der Waals surface area contributed by atoms with Crippen molar-refractivity contribution in [1.82, 2.24) is 14.7 Å². The van der Waals surface area contributed by atoms with Crippen LogP contribution in [0.25, 0.3) is 10.9 Å². The zero-order valence-electron chi connectivity index (χ0n) is 22.4. The van der Waals surface area contributed by atoms with E-state index in [2.05, 4.69) is 24.1 Å². The maximum atomic E-state index is 16.0. The number of carbonyl (C=O) groups is 2. The molecule has 0 bridgehead atoms. The van der Waals surface area contributed by atoms with Crippen molar-refractivity contribution in [2.75, 3.05) is 11.9 Å². The first-order chi connectivity index (χ1) is 19.6. The number of halogens is 3. The van der Waals surface area contributed by atoms with E-state index in [1.165, 1.54) is 6.07 Å². The summed E-state index contributed by atoms with van der Waals surface area (Å²) in [6.07, 6.45) is 0.947. The van der Waals surface area contributed by atoms with Crippen molar-refractivity contribution < 1.29 is 19.1 Å². The summed E-state index contributed by atoms with van der Waals surface area (Å²) >= 11 is 12.6. The van der Waals surface area contributed by atoms with Crippen LogP contribution in [0.15, 0.2) is 54.6 Å². The zero-order chi connectivity index (χ0) is 28.8. The lowest BCUT2D eigenvalue weighted by Gasteiger charge is -2.46. The molecule has 0 radical (unpaired) electrons. The average Bonchev–Trinajstić information content (AvgIpc) is 3.53. The van der Waals surface area contributed by atoms with E-state index in [1.54, 1.807) is 36.4 Å². The summed E-state index contributed by atoms with van der Waals surface area (Å²) in [6, 6.07) is 14.8. The molecule has 0 aliphatic carbocycles. The van der Waals surface area contributed by atoms with Gasteiger partial charge in [-0.15, -0.1) is 0 Å². The van der Waals surface area contributed by atoms with Gasteiger partial charge in [-0.2, -0.15) is 5.10 Å². The second-order valence-electron chi connectivity index (χ2n) is 11.7. The Labute approximate surface area is 245 Å². The smallest absolute Gasteiger partial charge is 0.335 e. The number of amides is 1. The van der Waals surface area contributed by atoms with Gasteiger partial charge in [-0.1, -0.05) is 61.3 Å². The van der Waals surface area contributed by atoms with Crippen LogP contribution in [-0.2, 0) is 17.6 Å². The highest BCUT2D eigenvalue weighted by Gasteiger charge is 2.67. The van der Waals surface area contributed by atoms with Crippen LogP contribution >= 0.6 is 23.2 Å². The minimum atomic E-state index is -1.13. The lowest BCUT2D eigenvalue weighted by Crippen LogP contribution is -2.62. The van der Waals surface area contributed by atoms with Crippen LogP contribution in [0.4, 0.5) is 10.1 Å². The highest BCUT2D eigenvalue weighted by molar-refractivity contribution is 6.31. The number of benzene rings is 3. The highest BCUT2D eigenvalue weighted by Crippen LogP contribution is 2.59. The number of fused-ring (bicyclic) bond motifs is 6. The molecule has 3 aliphatic rings. The Bertz CT molecular complexity index is 1770. The number of nitrogens with one attached hydrogen (secondary N) is 1. The van der Waals surface area contributed by atoms with E-state index in [0.29, 0.717) is 41.2 Å². The van der Waals surface area contributed by atoms with Gasteiger partial charge in [0, 0.05) is 53.1 Å². The molecule has 3 aliphatic heterocycles. The lowest BCUT2D eigenvalue weighted by atomic mass is 9.71. The normalized spacial score (nSPS) is 25.0. The molecule has 7 nitrogen and oxygen atoms in total. The van der Waals surface area contributed by atoms with Gasteiger partial charge in [-0.3, -0.25) is 14.4 Å². The molecular formula is C31H27Cl2FN4O3. The summed E-state index contributed by atoms with van der Waals surface area (Å²) in [6.45, 7) is 4.84. The molecule has 1 saturated heterocycles. The number of hydrogen-bond donors (Lipinski definition) is 2. The second-order valence-corrected chi connectivity index (χ2v) is 12.6. The zero-order valence-corrected chi connectivity index (χ0v) is 23.9. The van der Waals surface area contributed by atoms with Gasteiger partial charge < -0.3 is 10.4 Å². The first-order valence-electron chi connectivity index (χ1n) is 13.6. The molecule has 1 fully saturated rings. The molecule has 41 heavy (non-hydrogen) atoms. The van der Waals surface area contributed by atoms with Crippen LogP contribution in [0.5, 0.6) is 0 Å². The Morgan fingerprint density at radius 3 is 2.76 bits per heavy atom. The highest BCUT2D eigenvalue weighted by atomic mass is 35.5. The minimum Gasteiger partial charge on any atom is -0.478 e. The van der Waals surface area contributed by atoms with Crippen LogP contribution in [-0.4, -0.2) is 49.8 Å².